The lowest BCUT2D eigenvalue weighted by atomic mass is 10.0. The molecule has 0 aliphatic carbocycles. The summed E-state index contributed by atoms with van der Waals surface area (Å²) in [4.78, 5) is 23.0. The van der Waals surface area contributed by atoms with Crippen LogP contribution in [0.15, 0.2) is 53.3 Å². The first-order valence-electron chi connectivity index (χ1n) is 9.00. The Bertz CT molecular complexity index is 908. The van der Waals surface area contributed by atoms with Gasteiger partial charge in [-0.15, -0.1) is 0 Å². The second kappa shape index (κ2) is 7.57. The van der Waals surface area contributed by atoms with Gasteiger partial charge in [0.05, 0.1) is 13.0 Å². The molecular weight excluding hydrogens is 344 g/mol. The molecule has 1 fully saturated rings. The van der Waals surface area contributed by atoms with Gasteiger partial charge in [0.1, 0.15) is 11.8 Å². The largest absolute Gasteiger partial charge is 0.494 e. The van der Waals surface area contributed by atoms with Crippen LogP contribution in [0.4, 0.5) is 0 Å². The molecule has 3 aromatic rings. The molecule has 4 rings (SSSR count). The van der Waals surface area contributed by atoms with Crippen LogP contribution in [0.2, 0.25) is 0 Å². The molecule has 0 unspecified atom stereocenters. The van der Waals surface area contributed by atoms with Gasteiger partial charge in [-0.1, -0.05) is 17.3 Å². The van der Waals surface area contributed by atoms with Gasteiger partial charge < -0.3 is 14.2 Å². The van der Waals surface area contributed by atoms with Gasteiger partial charge in [-0.3, -0.25) is 9.78 Å². The Labute approximate surface area is 157 Å². The molecule has 1 aliphatic heterocycles. The van der Waals surface area contributed by atoms with E-state index >= 15 is 0 Å². The number of hydrogen-bond donors (Lipinski definition) is 0. The predicted octanol–water partition coefficient (Wildman–Crippen LogP) is 3.05. The number of aromatic nitrogens is 3. The van der Waals surface area contributed by atoms with Crippen LogP contribution < -0.4 is 4.74 Å². The molecule has 0 bridgehead atoms. The van der Waals surface area contributed by atoms with Crippen LogP contribution in [0.5, 0.6) is 5.75 Å². The SMILES string of the molecule is CCOc1ccc(CC(=O)N2CC[C@H]2c2nc(-c3cccnc3)no2)cc1. The van der Waals surface area contributed by atoms with E-state index in [9.17, 15) is 4.79 Å². The first-order chi connectivity index (χ1) is 13.2. The minimum absolute atomic E-state index is 0.0523. The Balaban J connectivity index is 1.41. The summed E-state index contributed by atoms with van der Waals surface area (Å²) in [5.74, 6) is 1.82. The van der Waals surface area contributed by atoms with Crippen LogP contribution in [-0.4, -0.2) is 39.1 Å². The van der Waals surface area contributed by atoms with Crippen molar-refractivity contribution in [3.63, 3.8) is 0 Å². The predicted molar refractivity (Wildman–Crippen MR) is 97.9 cm³/mol. The molecule has 0 saturated carbocycles. The van der Waals surface area contributed by atoms with Crippen molar-refractivity contribution < 1.29 is 14.1 Å². The van der Waals surface area contributed by atoms with Crippen LogP contribution in [0, 0.1) is 0 Å². The molecule has 0 radical (unpaired) electrons. The van der Waals surface area contributed by atoms with E-state index in [1.54, 1.807) is 17.3 Å². The molecule has 7 nitrogen and oxygen atoms in total. The highest BCUT2D eigenvalue weighted by atomic mass is 16.5. The average Bonchev–Trinajstić information content (AvgIpc) is 3.13. The molecule has 1 amide bonds. The maximum absolute atomic E-state index is 12.7. The summed E-state index contributed by atoms with van der Waals surface area (Å²) in [7, 11) is 0. The third kappa shape index (κ3) is 3.67. The molecule has 1 saturated heterocycles. The highest BCUT2D eigenvalue weighted by Gasteiger charge is 2.37. The Morgan fingerprint density at radius 1 is 1.30 bits per heavy atom. The number of carbonyl (C=O) groups excluding carboxylic acids is 1. The summed E-state index contributed by atoms with van der Waals surface area (Å²) in [6.45, 7) is 3.27. The van der Waals surface area contributed by atoms with Gasteiger partial charge in [-0.2, -0.15) is 4.98 Å². The molecule has 2 aromatic heterocycles. The molecule has 27 heavy (non-hydrogen) atoms. The number of likely N-dealkylation sites (tertiary alicyclic amines) is 1. The fourth-order valence-corrected chi connectivity index (χ4v) is 3.07. The van der Waals surface area contributed by atoms with Crippen molar-refractivity contribution in [2.45, 2.75) is 25.8 Å². The molecule has 1 atom stereocenters. The van der Waals surface area contributed by atoms with E-state index in [2.05, 4.69) is 15.1 Å². The van der Waals surface area contributed by atoms with Crippen molar-refractivity contribution in [3.8, 4) is 17.1 Å². The zero-order chi connectivity index (χ0) is 18.6. The Morgan fingerprint density at radius 2 is 2.15 bits per heavy atom. The number of hydrogen-bond acceptors (Lipinski definition) is 6. The van der Waals surface area contributed by atoms with Crippen LogP contribution in [0.25, 0.3) is 11.4 Å². The van der Waals surface area contributed by atoms with E-state index in [4.69, 9.17) is 9.26 Å². The minimum Gasteiger partial charge on any atom is -0.494 e. The van der Waals surface area contributed by atoms with Gasteiger partial charge in [0.15, 0.2) is 0 Å². The van der Waals surface area contributed by atoms with E-state index in [0.717, 1.165) is 23.3 Å². The zero-order valence-electron chi connectivity index (χ0n) is 15.0. The molecule has 1 aromatic carbocycles. The van der Waals surface area contributed by atoms with Gasteiger partial charge in [0, 0.05) is 24.5 Å². The van der Waals surface area contributed by atoms with Crippen LogP contribution in [-0.2, 0) is 11.2 Å². The first-order valence-corrected chi connectivity index (χ1v) is 9.00. The number of carbonyl (C=O) groups is 1. The number of benzene rings is 1. The Morgan fingerprint density at radius 3 is 2.81 bits per heavy atom. The Kier molecular flexibility index (Phi) is 4.82. The highest BCUT2D eigenvalue weighted by molar-refractivity contribution is 5.80. The minimum atomic E-state index is -0.155. The van der Waals surface area contributed by atoms with E-state index in [1.807, 2.05) is 43.3 Å². The van der Waals surface area contributed by atoms with Crippen molar-refractivity contribution in [2.24, 2.45) is 0 Å². The number of nitrogens with zero attached hydrogens (tertiary/aromatic N) is 4. The lowest BCUT2D eigenvalue weighted by Gasteiger charge is -2.38. The fourth-order valence-electron chi connectivity index (χ4n) is 3.07. The lowest BCUT2D eigenvalue weighted by Crippen LogP contribution is -2.46. The van der Waals surface area contributed by atoms with E-state index in [1.165, 1.54) is 0 Å². The monoisotopic (exact) mass is 364 g/mol. The van der Waals surface area contributed by atoms with Gasteiger partial charge in [0.25, 0.3) is 0 Å². The van der Waals surface area contributed by atoms with Gasteiger partial charge in [-0.25, -0.2) is 0 Å². The third-order valence-electron chi connectivity index (χ3n) is 4.58. The quantitative estimate of drug-likeness (QED) is 0.669. The van der Waals surface area contributed by atoms with Gasteiger partial charge >= 0.3 is 0 Å². The first kappa shape index (κ1) is 17.2. The summed E-state index contributed by atoms with van der Waals surface area (Å²) in [6.07, 6.45) is 4.54. The van der Waals surface area contributed by atoms with Crippen LogP contribution in [0.3, 0.4) is 0 Å². The summed E-state index contributed by atoms with van der Waals surface area (Å²) in [5, 5.41) is 4.02. The number of ether oxygens (including phenoxy) is 1. The molecule has 3 heterocycles. The van der Waals surface area contributed by atoms with Crippen molar-refractivity contribution in [1.82, 2.24) is 20.0 Å². The number of amides is 1. The molecule has 0 spiro atoms. The maximum Gasteiger partial charge on any atom is 0.249 e. The second-order valence-corrected chi connectivity index (χ2v) is 6.34. The van der Waals surface area contributed by atoms with Crippen molar-refractivity contribution in [2.75, 3.05) is 13.2 Å². The number of pyridine rings is 1. The van der Waals surface area contributed by atoms with E-state index < -0.39 is 0 Å². The maximum atomic E-state index is 12.7. The van der Waals surface area contributed by atoms with Gasteiger partial charge in [0.2, 0.25) is 17.6 Å². The standard InChI is InChI=1S/C20H20N4O3/c1-2-26-16-7-5-14(6-8-16)12-18(25)24-11-9-17(24)20-22-19(23-27-20)15-4-3-10-21-13-15/h3-8,10,13,17H,2,9,11-12H2,1H3/t17-/m0/s1. The van der Waals surface area contributed by atoms with Crippen molar-refractivity contribution in [3.05, 3.63) is 60.2 Å². The van der Waals surface area contributed by atoms with Crippen LogP contribution >= 0.6 is 0 Å². The summed E-state index contributed by atoms with van der Waals surface area (Å²) < 4.78 is 10.8. The average molecular weight is 364 g/mol. The smallest absolute Gasteiger partial charge is 0.249 e. The fraction of sp³-hybridized carbons (Fsp3) is 0.300. The van der Waals surface area contributed by atoms with Crippen molar-refractivity contribution >= 4 is 5.91 Å². The lowest BCUT2D eigenvalue weighted by molar-refractivity contribution is -0.139. The van der Waals surface area contributed by atoms with E-state index in [-0.39, 0.29) is 11.9 Å². The highest BCUT2D eigenvalue weighted by Crippen LogP contribution is 2.33. The van der Waals surface area contributed by atoms with E-state index in [0.29, 0.717) is 31.3 Å². The second-order valence-electron chi connectivity index (χ2n) is 6.34. The number of rotatable bonds is 6. The summed E-state index contributed by atoms with van der Waals surface area (Å²) >= 11 is 0. The van der Waals surface area contributed by atoms with Crippen LogP contribution in [0.1, 0.15) is 30.8 Å². The topological polar surface area (TPSA) is 81.4 Å². The zero-order valence-corrected chi connectivity index (χ0v) is 15.0. The summed E-state index contributed by atoms with van der Waals surface area (Å²) in [5.41, 5.74) is 1.75. The normalized spacial score (nSPS) is 16.0. The molecule has 7 heteroatoms. The van der Waals surface area contributed by atoms with Crippen molar-refractivity contribution in [1.29, 1.82) is 0 Å². The Hall–Kier alpha value is -3.22. The molecule has 138 valence electrons. The third-order valence-corrected chi connectivity index (χ3v) is 4.58. The molecule has 0 N–H and O–H groups in total. The molecule has 1 aliphatic rings. The van der Waals surface area contributed by atoms with Gasteiger partial charge in [-0.05, 0) is 43.2 Å². The summed E-state index contributed by atoms with van der Waals surface area (Å²) in [6, 6.07) is 11.2. The molecular formula is C20H20N4O3.